The van der Waals surface area contributed by atoms with Crippen molar-refractivity contribution in [1.82, 2.24) is 9.55 Å². The molecule has 3 heterocycles. The molecule has 2 aromatic heterocycles. The fourth-order valence-corrected chi connectivity index (χ4v) is 11.6. The van der Waals surface area contributed by atoms with Crippen LogP contribution in [0, 0.1) is 0 Å². The van der Waals surface area contributed by atoms with E-state index < -0.39 is 0 Å². The first-order valence-electron chi connectivity index (χ1n) is 26.5. The Hall–Kier alpha value is -8.41. The van der Waals surface area contributed by atoms with Crippen molar-refractivity contribution >= 4 is 67.7 Å². The minimum Gasteiger partial charge on any atom is -0.321 e. The van der Waals surface area contributed by atoms with E-state index in [0.29, 0.717) is 6.67 Å². The van der Waals surface area contributed by atoms with E-state index in [1.54, 1.807) is 0 Å². The molecular formula is C70H63BN4. The second kappa shape index (κ2) is 18.8. The van der Waals surface area contributed by atoms with Crippen molar-refractivity contribution in [3.63, 3.8) is 0 Å². The summed E-state index contributed by atoms with van der Waals surface area (Å²) < 4.78 is 2.37. The van der Waals surface area contributed by atoms with E-state index in [4.69, 9.17) is 4.98 Å². The zero-order chi connectivity index (χ0) is 51.5. The predicted molar refractivity (Wildman–Crippen MR) is 319 cm³/mol. The van der Waals surface area contributed by atoms with Gasteiger partial charge < -0.3 is 9.80 Å². The van der Waals surface area contributed by atoms with Gasteiger partial charge in [-0.2, -0.15) is 0 Å². The summed E-state index contributed by atoms with van der Waals surface area (Å²) in [4.78, 5) is 10.1. The van der Waals surface area contributed by atoms with Crippen molar-refractivity contribution in [3.8, 4) is 16.9 Å². The quantitative estimate of drug-likeness (QED) is 0.121. The number of hydrogen-bond donors (Lipinski definition) is 0. The highest BCUT2D eigenvalue weighted by molar-refractivity contribution is 6.95. The number of aromatic nitrogens is 2. The molecule has 75 heavy (non-hydrogen) atoms. The van der Waals surface area contributed by atoms with Gasteiger partial charge in [-0.05, 0) is 105 Å². The molecule has 0 N–H and O–H groups in total. The van der Waals surface area contributed by atoms with Crippen LogP contribution < -0.4 is 26.2 Å². The van der Waals surface area contributed by atoms with E-state index in [1.807, 2.05) is 6.20 Å². The number of pyridine rings is 1. The molecule has 0 spiro atoms. The van der Waals surface area contributed by atoms with Crippen molar-refractivity contribution in [2.45, 2.75) is 64.7 Å². The van der Waals surface area contributed by atoms with Gasteiger partial charge in [0.15, 0.2) is 0 Å². The van der Waals surface area contributed by atoms with Crippen LogP contribution in [0.15, 0.2) is 243 Å². The van der Waals surface area contributed by atoms with Crippen LogP contribution in [0.1, 0.15) is 76.3 Å². The van der Waals surface area contributed by atoms with Gasteiger partial charge in [-0.15, -0.1) is 0 Å². The monoisotopic (exact) mass is 971 g/mol. The molecule has 0 bridgehead atoms. The Balaban J connectivity index is 1.03. The van der Waals surface area contributed by atoms with E-state index in [1.165, 1.54) is 83.2 Å². The van der Waals surface area contributed by atoms with Gasteiger partial charge in [-0.25, -0.2) is 4.98 Å². The van der Waals surface area contributed by atoms with Crippen molar-refractivity contribution in [1.29, 1.82) is 0 Å². The molecule has 4 nitrogen and oxygen atoms in total. The Labute approximate surface area is 443 Å². The molecule has 1 aliphatic rings. The lowest BCUT2D eigenvalue weighted by molar-refractivity contribution is 0.588. The predicted octanol–water partition coefficient (Wildman–Crippen LogP) is 15.6. The first kappa shape index (κ1) is 47.6. The van der Waals surface area contributed by atoms with E-state index in [-0.39, 0.29) is 23.0 Å². The third-order valence-corrected chi connectivity index (χ3v) is 16.1. The first-order valence-corrected chi connectivity index (χ1v) is 26.5. The van der Waals surface area contributed by atoms with Gasteiger partial charge in [0.05, 0.1) is 22.4 Å². The van der Waals surface area contributed by atoms with Crippen LogP contribution in [0.25, 0.3) is 38.8 Å². The van der Waals surface area contributed by atoms with Crippen LogP contribution in [-0.4, -0.2) is 22.9 Å². The zero-order valence-corrected chi connectivity index (χ0v) is 44.2. The highest BCUT2D eigenvalue weighted by atomic mass is 15.4. The lowest BCUT2D eigenvalue weighted by Gasteiger charge is -2.33. The van der Waals surface area contributed by atoms with Crippen LogP contribution in [0.2, 0.25) is 0 Å². The maximum Gasteiger partial charge on any atom is 0.241 e. The topological polar surface area (TPSA) is 24.3 Å². The number of hydrogen-bond acceptors (Lipinski definition) is 3. The Kier molecular flexibility index (Phi) is 11.9. The molecule has 1 aliphatic heterocycles. The van der Waals surface area contributed by atoms with Crippen LogP contribution in [-0.2, 0) is 16.2 Å². The SMILES string of the molecule is CC(C)(C)c1ccnc(-n2c3ccccc3c3ccc(B(c4ccccc4)c4cc(-c5ccccc5)cc(N5CN(c6cc(C(C)(C)c7ccccc7)cc(C(C)(C)c7ccccc7)c6)c6ccccc65)c4)cc32)c1. The molecule has 11 aromatic rings. The fraction of sp³-hybridized carbons (Fsp3) is 0.157. The summed E-state index contributed by atoms with van der Waals surface area (Å²) in [6, 6.07) is 87.8. The van der Waals surface area contributed by atoms with E-state index in [0.717, 1.165) is 22.5 Å². The molecule has 0 amide bonds. The number of para-hydroxylation sites is 3. The molecular weight excluding hydrogens is 908 g/mol. The molecule has 0 fully saturated rings. The van der Waals surface area contributed by atoms with Crippen LogP contribution in [0.5, 0.6) is 0 Å². The molecule has 12 rings (SSSR count). The van der Waals surface area contributed by atoms with Crippen molar-refractivity contribution in [2.24, 2.45) is 0 Å². The maximum atomic E-state index is 5.05. The Morgan fingerprint density at radius 2 is 0.907 bits per heavy atom. The fourth-order valence-electron chi connectivity index (χ4n) is 11.6. The Morgan fingerprint density at radius 3 is 1.52 bits per heavy atom. The van der Waals surface area contributed by atoms with Crippen molar-refractivity contribution < 1.29 is 0 Å². The summed E-state index contributed by atoms with van der Waals surface area (Å²) >= 11 is 0. The minimum absolute atomic E-state index is 0.0279. The lowest BCUT2D eigenvalue weighted by atomic mass is 9.36. The van der Waals surface area contributed by atoms with Gasteiger partial charge in [-0.1, -0.05) is 241 Å². The van der Waals surface area contributed by atoms with Crippen LogP contribution >= 0.6 is 0 Å². The summed E-state index contributed by atoms with van der Waals surface area (Å²) in [7, 11) is 0. The second-order valence-electron chi connectivity index (χ2n) is 22.5. The van der Waals surface area contributed by atoms with Crippen molar-refractivity contribution in [2.75, 3.05) is 16.5 Å². The van der Waals surface area contributed by atoms with Gasteiger partial charge in [-0.3, -0.25) is 4.57 Å². The Morgan fingerprint density at radius 1 is 0.373 bits per heavy atom. The van der Waals surface area contributed by atoms with Crippen molar-refractivity contribution in [3.05, 3.63) is 271 Å². The summed E-state index contributed by atoms with van der Waals surface area (Å²) in [5, 5.41) is 2.43. The second-order valence-corrected chi connectivity index (χ2v) is 22.5. The molecule has 9 aromatic carbocycles. The zero-order valence-electron chi connectivity index (χ0n) is 44.2. The molecule has 0 aliphatic carbocycles. The molecule has 0 radical (unpaired) electrons. The summed E-state index contributed by atoms with van der Waals surface area (Å²) in [5.41, 5.74) is 18.9. The number of benzene rings is 9. The number of nitrogens with zero attached hydrogens (tertiary/aromatic N) is 4. The largest absolute Gasteiger partial charge is 0.321 e. The van der Waals surface area contributed by atoms with Gasteiger partial charge in [0.25, 0.3) is 0 Å². The molecule has 366 valence electrons. The summed E-state index contributed by atoms with van der Waals surface area (Å²) in [6.45, 7) is 16.8. The normalized spacial score (nSPS) is 12.9. The third-order valence-electron chi connectivity index (χ3n) is 16.1. The van der Waals surface area contributed by atoms with E-state index in [9.17, 15) is 0 Å². The molecule has 0 saturated heterocycles. The Bertz CT molecular complexity index is 3780. The minimum atomic E-state index is -0.257. The van der Waals surface area contributed by atoms with E-state index >= 15 is 0 Å². The molecule has 0 atom stereocenters. The number of rotatable bonds is 11. The molecule has 0 unspecified atom stereocenters. The maximum absolute atomic E-state index is 5.05. The third kappa shape index (κ3) is 8.70. The highest BCUT2D eigenvalue weighted by Crippen LogP contribution is 2.47. The summed E-state index contributed by atoms with van der Waals surface area (Å²) in [6.07, 6.45) is 1.97. The van der Waals surface area contributed by atoms with E-state index in [2.05, 4.69) is 299 Å². The number of fused-ring (bicyclic) bond motifs is 4. The van der Waals surface area contributed by atoms with Crippen LogP contribution in [0.4, 0.5) is 22.7 Å². The van der Waals surface area contributed by atoms with Gasteiger partial charge in [0.1, 0.15) is 12.5 Å². The smallest absolute Gasteiger partial charge is 0.241 e. The number of anilines is 4. The van der Waals surface area contributed by atoms with Crippen LogP contribution in [0.3, 0.4) is 0 Å². The average Bonchev–Trinajstić information content (AvgIpc) is 4.01. The lowest BCUT2D eigenvalue weighted by Crippen LogP contribution is -2.52. The van der Waals surface area contributed by atoms with Gasteiger partial charge in [0.2, 0.25) is 6.71 Å². The van der Waals surface area contributed by atoms with Gasteiger partial charge in [0, 0.05) is 39.2 Å². The highest BCUT2D eigenvalue weighted by Gasteiger charge is 2.34. The first-order chi connectivity index (χ1) is 36.3. The average molecular weight is 971 g/mol. The summed E-state index contributed by atoms with van der Waals surface area (Å²) in [5.74, 6) is 0.928. The molecule has 0 saturated carbocycles. The van der Waals surface area contributed by atoms with Gasteiger partial charge >= 0.3 is 0 Å². The standard InChI is InChI=1S/C70H63BN4/c1-68(2,3)53-38-39-72-67(45-53)75-63-33-21-20-32-61(63)62-37-36-57(47-66(62)75)71(56-30-18-11-19-31-56)58-40-50(49-24-12-8-13-25-49)41-59(46-58)73-48-74(65-35-23-22-34-64(65)73)60-43-54(69(4,5)51-26-14-9-15-27-51)42-55(44-60)70(6,7)52-28-16-10-17-29-52/h8-47H,48H2,1-7H3. The molecule has 5 heteroatoms.